The molecule has 0 spiro atoms. The molecule has 0 aromatic rings. The Labute approximate surface area is 134 Å². The summed E-state index contributed by atoms with van der Waals surface area (Å²) in [5, 5.41) is 19.8. The molecule has 0 aliphatic heterocycles. The molecule has 0 fully saturated rings. The van der Waals surface area contributed by atoms with Gasteiger partial charge in [-0.05, 0) is 0 Å². The van der Waals surface area contributed by atoms with Crippen LogP contribution in [0.25, 0.3) is 0 Å². The van der Waals surface area contributed by atoms with E-state index in [1.807, 2.05) is 0 Å². The van der Waals surface area contributed by atoms with Crippen LogP contribution in [-0.4, -0.2) is 35.9 Å². The molecule has 23 heavy (non-hydrogen) atoms. The molecule has 0 amide bonds. The van der Waals surface area contributed by atoms with Crippen LogP contribution in [-0.2, 0) is 21.1 Å². The van der Waals surface area contributed by atoms with Crippen molar-refractivity contribution in [3.05, 3.63) is 0 Å². The Morgan fingerprint density at radius 3 is 0.522 bits per heavy atom. The second-order valence-corrected chi connectivity index (χ2v) is 4.06. The van der Waals surface area contributed by atoms with E-state index in [0.717, 1.165) is 0 Å². The minimum Gasteiger partial charge on any atom is -0.837 e. The second kappa shape index (κ2) is 7.34. The number of halogens is 12. The van der Waals surface area contributed by atoms with Gasteiger partial charge >= 0.3 is 24.7 Å². The first kappa shape index (κ1) is 27.6. The van der Waals surface area contributed by atoms with Crippen LogP contribution in [0.15, 0.2) is 0 Å². The van der Waals surface area contributed by atoms with E-state index in [1.54, 1.807) is 0 Å². The molecule has 0 aliphatic rings. The first-order chi connectivity index (χ1) is 9.00. The van der Waals surface area contributed by atoms with Gasteiger partial charge in [-0.2, -0.15) is 52.7 Å². The molecular weight excluding hydrogens is 452 g/mol. The fourth-order valence-corrected chi connectivity index (χ4v) is 0.321. The Kier molecular flexibility index (Phi) is 8.81. The fraction of sp³-hybridized carbons (Fsp3) is 1.00. The van der Waals surface area contributed by atoms with E-state index in [0.29, 0.717) is 0 Å². The van der Waals surface area contributed by atoms with E-state index in [1.165, 1.54) is 0 Å². The van der Waals surface area contributed by atoms with Crippen LogP contribution in [0.3, 0.4) is 0 Å². The van der Waals surface area contributed by atoms with E-state index in [-0.39, 0.29) is 21.1 Å². The summed E-state index contributed by atoms with van der Waals surface area (Å²) in [6.07, 6.45) is -23.2. The van der Waals surface area contributed by atoms with Gasteiger partial charge in [0.15, 0.2) is 0 Å². The zero-order chi connectivity index (χ0) is 19.0. The predicted octanol–water partition coefficient (Wildman–Crippen LogP) is 2.46. The van der Waals surface area contributed by atoms with Gasteiger partial charge in [0.25, 0.3) is 0 Å². The maximum atomic E-state index is 11.3. The molecule has 0 atom stereocenters. The van der Waals surface area contributed by atoms with Crippen LogP contribution >= 0.6 is 0 Å². The third-order valence-electron chi connectivity index (χ3n) is 2.16. The Bertz CT molecular complexity index is 293. The minimum atomic E-state index is -5.80. The van der Waals surface area contributed by atoms with Crippen molar-refractivity contribution in [2.45, 2.75) is 49.8 Å². The average molecular weight is 458 g/mol. The average Bonchev–Trinajstić information content (AvgIpc) is 2.10. The van der Waals surface area contributed by atoms with E-state index >= 15 is 0 Å². The van der Waals surface area contributed by atoms with Gasteiger partial charge in [-0.1, -0.05) is 13.8 Å². The third kappa shape index (κ3) is 6.65. The molecule has 0 N–H and O–H groups in total. The van der Waals surface area contributed by atoms with Gasteiger partial charge in [0.2, 0.25) is 0 Å². The molecule has 0 rings (SSSR count). The SMILES string of the molecule is CC([O-])(C(F)(F)F)C(F)(F)F.CC([O-])(C(F)(F)F)C(F)(F)F.[Mo]. The first-order valence-electron chi connectivity index (χ1n) is 4.68. The van der Waals surface area contributed by atoms with Gasteiger partial charge < -0.3 is 10.2 Å². The largest absolute Gasteiger partial charge is 0.837 e. The van der Waals surface area contributed by atoms with E-state index in [2.05, 4.69) is 0 Å². The van der Waals surface area contributed by atoms with Gasteiger partial charge in [0.05, 0.1) is 11.2 Å². The van der Waals surface area contributed by atoms with Gasteiger partial charge in [0, 0.05) is 21.1 Å². The smallest absolute Gasteiger partial charge is 0.388 e. The van der Waals surface area contributed by atoms with Gasteiger partial charge in [-0.15, -0.1) is 0 Å². The summed E-state index contributed by atoms with van der Waals surface area (Å²) in [4.78, 5) is 0. The molecule has 0 unspecified atom stereocenters. The van der Waals surface area contributed by atoms with E-state index in [9.17, 15) is 62.9 Å². The Hall–Kier alpha value is -0.232. The van der Waals surface area contributed by atoms with Crippen molar-refractivity contribution >= 4 is 0 Å². The van der Waals surface area contributed by atoms with Crippen molar-refractivity contribution in [2.75, 3.05) is 0 Å². The molecule has 15 heteroatoms. The molecular formula is C8H6F12MoO2-2. The van der Waals surface area contributed by atoms with Crippen molar-refractivity contribution < 1.29 is 84.0 Å². The molecule has 0 aromatic heterocycles. The molecule has 2 nitrogen and oxygen atoms in total. The molecule has 0 aliphatic carbocycles. The van der Waals surface area contributed by atoms with Crippen LogP contribution in [0.4, 0.5) is 52.7 Å². The van der Waals surface area contributed by atoms with Crippen LogP contribution in [0, 0.1) is 0 Å². The van der Waals surface area contributed by atoms with Gasteiger partial charge in [0.1, 0.15) is 0 Å². The Morgan fingerprint density at radius 1 is 0.435 bits per heavy atom. The normalized spacial score (nSPS) is 14.6. The van der Waals surface area contributed by atoms with Crippen LogP contribution in [0.2, 0.25) is 0 Å². The first-order valence-corrected chi connectivity index (χ1v) is 4.68. The number of rotatable bonds is 0. The predicted molar refractivity (Wildman–Crippen MR) is 41.0 cm³/mol. The molecule has 0 radical (unpaired) electrons. The summed E-state index contributed by atoms with van der Waals surface area (Å²) in [5.74, 6) is 0. The third-order valence-corrected chi connectivity index (χ3v) is 2.16. The van der Waals surface area contributed by atoms with Crippen LogP contribution in [0.1, 0.15) is 13.8 Å². The molecule has 0 saturated heterocycles. The van der Waals surface area contributed by atoms with Gasteiger partial charge in [-0.25, -0.2) is 0 Å². The van der Waals surface area contributed by atoms with Gasteiger partial charge in [-0.3, -0.25) is 0 Å². The van der Waals surface area contributed by atoms with Crippen molar-refractivity contribution in [3.8, 4) is 0 Å². The summed E-state index contributed by atoms with van der Waals surface area (Å²) in [6, 6.07) is 0. The van der Waals surface area contributed by atoms with Crippen molar-refractivity contribution in [1.29, 1.82) is 0 Å². The summed E-state index contributed by atoms with van der Waals surface area (Å²) in [7, 11) is 0. The van der Waals surface area contributed by atoms with E-state index < -0.39 is 49.8 Å². The number of alkyl halides is 12. The van der Waals surface area contributed by atoms with Crippen molar-refractivity contribution in [3.63, 3.8) is 0 Å². The zero-order valence-electron chi connectivity index (χ0n) is 10.8. The molecule has 0 bridgehead atoms. The second-order valence-electron chi connectivity index (χ2n) is 4.06. The summed E-state index contributed by atoms with van der Waals surface area (Å²) >= 11 is 0. The molecule has 0 saturated carbocycles. The topological polar surface area (TPSA) is 46.1 Å². The number of hydrogen-bond donors (Lipinski definition) is 0. The molecule has 0 heterocycles. The van der Waals surface area contributed by atoms with E-state index in [4.69, 9.17) is 0 Å². The fourth-order valence-electron chi connectivity index (χ4n) is 0.321. The standard InChI is InChI=1S/2C4H3F6O.Mo/c2*1-2(11,3(5,6)7)4(8,9)10;/h2*1H3;/q2*-1;. The van der Waals surface area contributed by atoms with Crippen LogP contribution in [0.5, 0.6) is 0 Å². The zero-order valence-corrected chi connectivity index (χ0v) is 12.8. The quantitative estimate of drug-likeness (QED) is 0.414. The van der Waals surface area contributed by atoms with Crippen molar-refractivity contribution in [1.82, 2.24) is 0 Å². The number of hydrogen-bond acceptors (Lipinski definition) is 2. The van der Waals surface area contributed by atoms with Crippen molar-refractivity contribution in [2.24, 2.45) is 0 Å². The molecule has 0 aromatic carbocycles. The maximum absolute atomic E-state index is 11.3. The summed E-state index contributed by atoms with van der Waals surface area (Å²) < 4.78 is 136. The van der Waals surface area contributed by atoms with Crippen LogP contribution < -0.4 is 10.2 Å². The summed E-state index contributed by atoms with van der Waals surface area (Å²) in [5.41, 5.74) is -9.75. The Morgan fingerprint density at radius 2 is 0.522 bits per heavy atom. The molecule has 142 valence electrons. The maximum Gasteiger partial charge on any atom is 0.388 e. The Balaban J connectivity index is -0.000000333. The summed E-state index contributed by atoms with van der Waals surface area (Å²) in [6.45, 7) is -0.903. The minimum absolute atomic E-state index is 0. The monoisotopic (exact) mass is 460 g/mol.